The number of pyridine rings is 1. The number of nitrogens with zero attached hydrogens (tertiary/aromatic N) is 6. The lowest BCUT2D eigenvalue weighted by atomic mass is 10.1. The summed E-state index contributed by atoms with van der Waals surface area (Å²) in [6.07, 6.45) is 2.83. The van der Waals surface area contributed by atoms with Crippen LogP contribution in [-0.2, 0) is 0 Å². The Kier molecular flexibility index (Phi) is 3.87. The van der Waals surface area contributed by atoms with Gasteiger partial charge >= 0.3 is 0 Å². The Morgan fingerprint density at radius 1 is 1.12 bits per heavy atom. The van der Waals surface area contributed by atoms with Crippen LogP contribution in [0.25, 0.3) is 5.65 Å². The fourth-order valence-electron chi connectivity index (χ4n) is 3.31. The monoisotopic (exact) mass is 340 g/mol. The van der Waals surface area contributed by atoms with Crippen molar-refractivity contribution in [1.29, 1.82) is 0 Å². The molecule has 0 N–H and O–H groups in total. The zero-order chi connectivity index (χ0) is 17.4. The first kappa shape index (κ1) is 15.6. The van der Waals surface area contributed by atoms with Gasteiger partial charge in [-0.2, -0.15) is 0 Å². The minimum absolute atomic E-state index is 0.01000. The van der Waals surface area contributed by atoms with Gasteiger partial charge in [0.25, 0.3) is 5.91 Å². The van der Waals surface area contributed by atoms with Gasteiger partial charge in [-0.25, -0.2) is 0 Å². The fraction of sp³-hybridized carbons (Fsp3) is 0.412. The standard InChI is InChI=1S/C17H20N6O2/c1-12-15(13(2)25-20-12)16(24)21-7-5-8-22(11-10-21)17-19-18-14-6-3-4-9-23(14)17/h3-4,6,9H,5,7-8,10-11H2,1-2H3. The molecule has 0 aliphatic carbocycles. The molecule has 0 bridgehead atoms. The number of rotatable bonds is 2. The largest absolute Gasteiger partial charge is 0.361 e. The van der Waals surface area contributed by atoms with E-state index in [1.807, 2.05) is 33.7 Å². The molecule has 0 aromatic carbocycles. The van der Waals surface area contributed by atoms with Crippen LogP contribution in [0.3, 0.4) is 0 Å². The van der Waals surface area contributed by atoms with E-state index in [9.17, 15) is 4.79 Å². The predicted octanol–water partition coefficient (Wildman–Crippen LogP) is 1.69. The second-order valence-corrected chi connectivity index (χ2v) is 6.26. The summed E-state index contributed by atoms with van der Waals surface area (Å²) in [6.45, 7) is 6.46. The average Bonchev–Trinajstić information content (AvgIpc) is 3.09. The van der Waals surface area contributed by atoms with Gasteiger partial charge in [-0.1, -0.05) is 11.2 Å². The third-order valence-electron chi connectivity index (χ3n) is 4.61. The molecule has 3 aromatic rings. The van der Waals surface area contributed by atoms with Gasteiger partial charge in [-0.15, -0.1) is 10.2 Å². The van der Waals surface area contributed by atoms with Gasteiger partial charge in [-0.3, -0.25) is 9.20 Å². The van der Waals surface area contributed by atoms with Crippen molar-refractivity contribution < 1.29 is 9.32 Å². The molecule has 0 spiro atoms. The van der Waals surface area contributed by atoms with Crippen LogP contribution in [-0.4, -0.2) is 56.7 Å². The molecule has 25 heavy (non-hydrogen) atoms. The van der Waals surface area contributed by atoms with E-state index in [0.29, 0.717) is 36.7 Å². The molecule has 130 valence electrons. The van der Waals surface area contributed by atoms with Gasteiger partial charge in [0.15, 0.2) is 5.65 Å². The molecule has 1 aliphatic rings. The summed E-state index contributed by atoms with van der Waals surface area (Å²) in [5, 5.41) is 12.4. The summed E-state index contributed by atoms with van der Waals surface area (Å²) < 4.78 is 7.12. The fourth-order valence-corrected chi connectivity index (χ4v) is 3.31. The summed E-state index contributed by atoms with van der Waals surface area (Å²) in [4.78, 5) is 16.9. The van der Waals surface area contributed by atoms with Crippen molar-refractivity contribution in [3.05, 3.63) is 41.4 Å². The number of amides is 1. The van der Waals surface area contributed by atoms with Crippen LogP contribution in [0.2, 0.25) is 0 Å². The van der Waals surface area contributed by atoms with Crippen LogP contribution in [0.1, 0.15) is 28.2 Å². The Balaban J connectivity index is 1.53. The van der Waals surface area contributed by atoms with E-state index in [-0.39, 0.29) is 5.91 Å². The first-order valence-electron chi connectivity index (χ1n) is 8.42. The second-order valence-electron chi connectivity index (χ2n) is 6.26. The molecular weight excluding hydrogens is 320 g/mol. The summed E-state index contributed by atoms with van der Waals surface area (Å²) >= 11 is 0. The highest BCUT2D eigenvalue weighted by molar-refractivity contribution is 5.96. The van der Waals surface area contributed by atoms with Crippen LogP contribution < -0.4 is 4.90 Å². The SMILES string of the molecule is Cc1noc(C)c1C(=O)N1CCCN(c2nnc3ccccn23)CC1. The zero-order valence-electron chi connectivity index (χ0n) is 14.3. The van der Waals surface area contributed by atoms with Crippen molar-refractivity contribution >= 4 is 17.5 Å². The van der Waals surface area contributed by atoms with Gasteiger partial charge < -0.3 is 14.3 Å². The lowest BCUT2D eigenvalue weighted by molar-refractivity contribution is 0.0764. The van der Waals surface area contributed by atoms with Crippen molar-refractivity contribution in [2.24, 2.45) is 0 Å². The molecule has 0 atom stereocenters. The second kappa shape index (κ2) is 6.19. The number of aromatic nitrogens is 4. The summed E-state index contributed by atoms with van der Waals surface area (Å²) in [6, 6.07) is 5.84. The van der Waals surface area contributed by atoms with E-state index < -0.39 is 0 Å². The molecule has 4 rings (SSSR count). The van der Waals surface area contributed by atoms with Crippen molar-refractivity contribution in [3.63, 3.8) is 0 Å². The third kappa shape index (κ3) is 2.73. The highest BCUT2D eigenvalue weighted by Crippen LogP contribution is 2.19. The molecule has 8 heteroatoms. The maximum absolute atomic E-state index is 12.8. The number of fused-ring (bicyclic) bond motifs is 1. The van der Waals surface area contributed by atoms with Crippen molar-refractivity contribution in [1.82, 2.24) is 24.7 Å². The highest BCUT2D eigenvalue weighted by atomic mass is 16.5. The minimum Gasteiger partial charge on any atom is -0.361 e. The lowest BCUT2D eigenvalue weighted by Gasteiger charge is -2.22. The van der Waals surface area contributed by atoms with Gasteiger partial charge in [0.2, 0.25) is 5.95 Å². The third-order valence-corrected chi connectivity index (χ3v) is 4.61. The van der Waals surface area contributed by atoms with E-state index in [0.717, 1.165) is 24.6 Å². The Morgan fingerprint density at radius 2 is 2.00 bits per heavy atom. The lowest BCUT2D eigenvalue weighted by Crippen LogP contribution is -2.36. The number of anilines is 1. The maximum atomic E-state index is 12.8. The van der Waals surface area contributed by atoms with E-state index in [4.69, 9.17) is 4.52 Å². The molecule has 0 unspecified atom stereocenters. The first-order valence-corrected chi connectivity index (χ1v) is 8.42. The minimum atomic E-state index is -0.01000. The summed E-state index contributed by atoms with van der Waals surface area (Å²) in [7, 11) is 0. The molecule has 8 nitrogen and oxygen atoms in total. The quantitative estimate of drug-likeness (QED) is 0.706. The molecule has 1 fully saturated rings. The Hall–Kier alpha value is -2.90. The van der Waals surface area contributed by atoms with E-state index in [1.165, 1.54) is 0 Å². The van der Waals surface area contributed by atoms with Gasteiger partial charge in [0.05, 0.1) is 5.69 Å². The van der Waals surface area contributed by atoms with Crippen molar-refractivity contribution in [3.8, 4) is 0 Å². The Morgan fingerprint density at radius 3 is 2.80 bits per heavy atom. The molecule has 1 aliphatic heterocycles. The molecule has 3 aromatic heterocycles. The number of carbonyl (C=O) groups is 1. The molecule has 1 saturated heterocycles. The van der Waals surface area contributed by atoms with Crippen LogP contribution in [0, 0.1) is 13.8 Å². The highest BCUT2D eigenvalue weighted by Gasteiger charge is 2.26. The zero-order valence-corrected chi connectivity index (χ0v) is 14.3. The molecule has 4 heterocycles. The molecule has 0 saturated carbocycles. The van der Waals surface area contributed by atoms with Crippen LogP contribution in [0.4, 0.5) is 5.95 Å². The van der Waals surface area contributed by atoms with E-state index in [1.54, 1.807) is 13.8 Å². The van der Waals surface area contributed by atoms with Gasteiger partial charge in [0.1, 0.15) is 11.3 Å². The van der Waals surface area contributed by atoms with Gasteiger partial charge in [0, 0.05) is 32.4 Å². The van der Waals surface area contributed by atoms with E-state index in [2.05, 4.69) is 20.3 Å². The maximum Gasteiger partial charge on any atom is 0.259 e. The number of carbonyl (C=O) groups excluding carboxylic acids is 1. The smallest absolute Gasteiger partial charge is 0.259 e. The van der Waals surface area contributed by atoms with Crippen molar-refractivity contribution in [2.75, 3.05) is 31.1 Å². The van der Waals surface area contributed by atoms with Crippen LogP contribution in [0.5, 0.6) is 0 Å². The molecule has 1 amide bonds. The van der Waals surface area contributed by atoms with Gasteiger partial charge in [-0.05, 0) is 32.4 Å². The normalized spacial score (nSPS) is 15.6. The number of aryl methyl sites for hydroxylation is 2. The summed E-state index contributed by atoms with van der Waals surface area (Å²) in [5.41, 5.74) is 2.05. The number of hydrogen-bond acceptors (Lipinski definition) is 6. The predicted molar refractivity (Wildman–Crippen MR) is 91.7 cm³/mol. The Labute approximate surface area is 145 Å². The van der Waals surface area contributed by atoms with Crippen LogP contribution in [0.15, 0.2) is 28.9 Å². The topological polar surface area (TPSA) is 79.8 Å². The van der Waals surface area contributed by atoms with Crippen LogP contribution >= 0.6 is 0 Å². The Bertz CT molecular complexity index is 895. The molecular formula is C17H20N6O2. The molecule has 0 radical (unpaired) electrons. The van der Waals surface area contributed by atoms with E-state index >= 15 is 0 Å². The summed E-state index contributed by atoms with van der Waals surface area (Å²) in [5.74, 6) is 1.39. The van der Waals surface area contributed by atoms with Crippen molar-refractivity contribution in [2.45, 2.75) is 20.3 Å². The number of hydrogen-bond donors (Lipinski definition) is 0. The first-order chi connectivity index (χ1) is 12.1. The average molecular weight is 340 g/mol.